The van der Waals surface area contributed by atoms with Crippen molar-refractivity contribution < 1.29 is 9.36 Å². The van der Waals surface area contributed by atoms with E-state index < -0.39 is 0 Å². The van der Waals surface area contributed by atoms with Crippen molar-refractivity contribution >= 4 is 33.9 Å². The first-order valence-electron chi connectivity index (χ1n) is 5.69. The molecule has 2 aromatic rings. The van der Waals surface area contributed by atoms with Gasteiger partial charge in [0.25, 0.3) is 5.91 Å². The van der Waals surface area contributed by atoms with Gasteiger partial charge in [0.1, 0.15) is 17.6 Å². The molecule has 0 aliphatic heterocycles. The summed E-state index contributed by atoms with van der Waals surface area (Å²) in [6.45, 7) is 0.445. The first-order valence-corrected chi connectivity index (χ1v) is 6.49. The maximum atomic E-state index is 11.7. The number of amides is 1. The van der Waals surface area contributed by atoms with Crippen LogP contribution < -0.4 is 15.6 Å². The van der Waals surface area contributed by atoms with Crippen LogP contribution in [0.1, 0.15) is 16.2 Å². The number of imidazole rings is 1. The van der Waals surface area contributed by atoms with E-state index in [1.54, 1.807) is 18.5 Å². The minimum atomic E-state index is -0.145. The molecule has 0 fully saturated rings. The molecular weight excluding hydrogens is 310 g/mol. The van der Waals surface area contributed by atoms with E-state index >= 15 is 0 Å². The minimum Gasteiger partial charge on any atom is -0.356 e. The van der Waals surface area contributed by atoms with E-state index in [0.29, 0.717) is 18.2 Å². The van der Waals surface area contributed by atoms with Gasteiger partial charge in [-0.3, -0.25) is 10.5 Å². The van der Waals surface area contributed by atoms with Gasteiger partial charge in [-0.25, -0.2) is 9.55 Å². The van der Waals surface area contributed by atoms with Crippen LogP contribution in [0.3, 0.4) is 0 Å². The third-order valence-electron chi connectivity index (χ3n) is 2.68. The molecule has 2 heterocycles. The predicted molar refractivity (Wildman–Crippen MR) is 76.2 cm³/mol. The smallest absolute Gasteiger partial charge is 0.352 e. The van der Waals surface area contributed by atoms with Gasteiger partial charge in [-0.2, -0.15) is 0 Å². The average molecular weight is 325 g/mol. The fourth-order valence-corrected chi connectivity index (χ4v) is 1.91. The molecule has 0 spiro atoms. The Hall–Kier alpha value is -2.02. The van der Waals surface area contributed by atoms with Crippen LogP contribution in [0.2, 0.25) is 0 Å². The summed E-state index contributed by atoms with van der Waals surface area (Å²) in [5.74, 6) is 0.438. The summed E-state index contributed by atoms with van der Waals surface area (Å²) in [5, 5.41) is 2.78. The lowest BCUT2D eigenvalue weighted by molar-refractivity contribution is -0.657. The van der Waals surface area contributed by atoms with Crippen LogP contribution in [-0.2, 0) is 7.05 Å². The molecule has 0 atom stereocenters. The quantitative estimate of drug-likeness (QED) is 0.631. The fraction of sp³-hybridized carbons (Fsp3) is 0.167. The second-order valence-electron chi connectivity index (χ2n) is 4.00. The average Bonchev–Trinajstić information content (AvgIpc) is 2.94. The Labute approximate surface area is 118 Å². The van der Waals surface area contributed by atoms with E-state index in [1.165, 1.54) is 0 Å². The van der Waals surface area contributed by atoms with Gasteiger partial charge in [0.2, 0.25) is 0 Å². The largest absolute Gasteiger partial charge is 0.356 e. The van der Waals surface area contributed by atoms with Crippen molar-refractivity contribution in [2.24, 2.45) is 7.05 Å². The molecule has 1 amide bonds. The highest BCUT2D eigenvalue weighted by molar-refractivity contribution is 9.10. The molecule has 100 valence electrons. The van der Waals surface area contributed by atoms with Crippen LogP contribution in [0.4, 0.5) is 5.95 Å². The zero-order chi connectivity index (χ0) is 13.8. The zero-order valence-corrected chi connectivity index (χ0v) is 12.0. The standard InChI is InChI=1S/C12H14BrN5O/c1-18-9(7-17-12(18)14)3-2-4-15-11(19)10-5-8(13)6-16-10/h2-3,5-7H,4H2,1H3,(H4,14,15,16,17,19)/p+1/b3-2-. The molecule has 0 saturated heterocycles. The van der Waals surface area contributed by atoms with E-state index in [9.17, 15) is 4.79 Å². The second kappa shape index (κ2) is 5.75. The van der Waals surface area contributed by atoms with Gasteiger partial charge in [-0.05, 0) is 28.1 Å². The highest BCUT2D eigenvalue weighted by Crippen LogP contribution is 2.10. The number of halogens is 1. The van der Waals surface area contributed by atoms with E-state index in [2.05, 4.69) is 31.2 Å². The van der Waals surface area contributed by atoms with E-state index in [-0.39, 0.29) is 5.91 Å². The van der Waals surface area contributed by atoms with E-state index in [0.717, 1.165) is 10.2 Å². The Bertz CT molecular complexity index is 613. The molecule has 0 aromatic carbocycles. The normalized spacial score (nSPS) is 11.1. The molecule has 0 bridgehead atoms. The molecule has 19 heavy (non-hydrogen) atoms. The summed E-state index contributed by atoms with van der Waals surface area (Å²) in [7, 11) is 1.86. The van der Waals surface area contributed by atoms with Crippen LogP contribution in [0, 0.1) is 0 Å². The van der Waals surface area contributed by atoms with Crippen molar-refractivity contribution in [1.82, 2.24) is 15.3 Å². The number of hydrogen-bond donors (Lipinski definition) is 4. The first kappa shape index (κ1) is 13.4. The molecule has 2 rings (SSSR count). The highest BCUT2D eigenvalue weighted by atomic mass is 79.9. The molecule has 5 N–H and O–H groups in total. The van der Waals surface area contributed by atoms with Crippen LogP contribution in [-0.4, -0.2) is 22.4 Å². The summed E-state index contributed by atoms with van der Waals surface area (Å²) in [4.78, 5) is 17.5. The van der Waals surface area contributed by atoms with Gasteiger partial charge >= 0.3 is 5.95 Å². The predicted octanol–water partition coefficient (Wildman–Crippen LogP) is 0.955. The summed E-state index contributed by atoms with van der Waals surface area (Å²) in [6, 6.07) is 1.73. The number of carbonyl (C=O) groups excluding carboxylic acids is 1. The maximum absolute atomic E-state index is 11.7. The van der Waals surface area contributed by atoms with Gasteiger partial charge in [-0.1, -0.05) is 6.08 Å². The number of hydrogen-bond acceptors (Lipinski definition) is 2. The summed E-state index contributed by atoms with van der Waals surface area (Å²) in [6.07, 6.45) is 7.26. The van der Waals surface area contributed by atoms with Crippen molar-refractivity contribution in [2.75, 3.05) is 12.3 Å². The number of nitrogens with zero attached hydrogens (tertiary/aromatic N) is 1. The van der Waals surface area contributed by atoms with E-state index in [1.807, 2.05) is 23.8 Å². The minimum absolute atomic E-state index is 0.145. The SMILES string of the molecule is C[n+]1c(/C=C\CNC(=O)c2cc(Br)c[nH]2)c[nH]c1N. The first-order chi connectivity index (χ1) is 9.08. The number of nitrogen functional groups attached to an aromatic ring is 1. The third-order valence-corrected chi connectivity index (χ3v) is 3.14. The summed E-state index contributed by atoms with van der Waals surface area (Å²) < 4.78 is 2.67. The Morgan fingerprint density at radius 1 is 1.53 bits per heavy atom. The van der Waals surface area contributed by atoms with Crippen molar-refractivity contribution in [2.45, 2.75) is 0 Å². The molecule has 0 saturated carbocycles. The number of anilines is 1. The number of aromatic amines is 2. The molecule has 0 aliphatic carbocycles. The Morgan fingerprint density at radius 2 is 2.32 bits per heavy atom. The molecule has 2 aromatic heterocycles. The lowest BCUT2D eigenvalue weighted by Gasteiger charge is -1.98. The number of aromatic nitrogens is 3. The van der Waals surface area contributed by atoms with Crippen LogP contribution in [0.5, 0.6) is 0 Å². The number of rotatable bonds is 4. The Balaban J connectivity index is 1.87. The third kappa shape index (κ3) is 3.25. The maximum Gasteiger partial charge on any atom is 0.352 e. The lowest BCUT2D eigenvalue weighted by Crippen LogP contribution is -2.32. The summed E-state index contributed by atoms with van der Waals surface area (Å²) in [5.41, 5.74) is 7.13. The van der Waals surface area contributed by atoms with Crippen molar-refractivity contribution in [1.29, 1.82) is 0 Å². The van der Waals surface area contributed by atoms with Crippen molar-refractivity contribution in [3.8, 4) is 0 Å². The Morgan fingerprint density at radius 3 is 2.89 bits per heavy atom. The van der Waals surface area contributed by atoms with E-state index in [4.69, 9.17) is 5.73 Å². The second-order valence-corrected chi connectivity index (χ2v) is 4.92. The van der Waals surface area contributed by atoms with Crippen LogP contribution in [0.15, 0.2) is 29.0 Å². The fourth-order valence-electron chi connectivity index (χ4n) is 1.57. The van der Waals surface area contributed by atoms with Crippen molar-refractivity contribution in [3.05, 3.63) is 40.4 Å². The lowest BCUT2D eigenvalue weighted by atomic mass is 10.3. The highest BCUT2D eigenvalue weighted by Gasteiger charge is 2.07. The monoisotopic (exact) mass is 324 g/mol. The van der Waals surface area contributed by atoms with Gasteiger partial charge in [-0.15, -0.1) is 0 Å². The number of nitrogens with one attached hydrogen (secondary N) is 3. The topological polar surface area (TPSA) is 90.6 Å². The van der Waals surface area contributed by atoms with Gasteiger partial charge in [0.15, 0.2) is 0 Å². The molecule has 0 radical (unpaired) electrons. The molecule has 0 unspecified atom stereocenters. The van der Waals surface area contributed by atoms with Crippen LogP contribution in [0.25, 0.3) is 6.08 Å². The number of carbonyl (C=O) groups is 1. The van der Waals surface area contributed by atoms with Gasteiger partial charge < -0.3 is 10.3 Å². The molecule has 6 nitrogen and oxygen atoms in total. The number of nitrogens with two attached hydrogens (primary N) is 1. The van der Waals surface area contributed by atoms with Gasteiger partial charge in [0, 0.05) is 17.2 Å². The molecule has 0 aliphatic rings. The zero-order valence-electron chi connectivity index (χ0n) is 10.4. The van der Waals surface area contributed by atoms with Crippen LogP contribution >= 0.6 is 15.9 Å². The van der Waals surface area contributed by atoms with Crippen molar-refractivity contribution in [3.63, 3.8) is 0 Å². The summed E-state index contributed by atoms with van der Waals surface area (Å²) >= 11 is 3.28. The molecular formula is C12H15BrN5O+. The number of H-pyrrole nitrogens is 2. The Kier molecular flexibility index (Phi) is 4.06. The molecule has 7 heteroatoms. The van der Waals surface area contributed by atoms with Gasteiger partial charge in [0.05, 0.1) is 7.05 Å².